The fourth-order valence-corrected chi connectivity index (χ4v) is 4.81. The first-order chi connectivity index (χ1) is 18.5. The zero-order valence-electron chi connectivity index (χ0n) is 21.7. The standard InChI is InChI=1S/C27H30ClN5O5S/c1-19(2)33(21-11-5-4-6-12-21)26(35)18-32(24-15-8-7-14-23(24)28)25(34)17-30-27(36)31-20-10-9-13-22(16-20)39(37,38)29-3/h4-16,19,29H,17-18H2,1-3H3,(H2,30,31,36). The predicted octanol–water partition coefficient (Wildman–Crippen LogP) is 3.84. The van der Waals surface area contributed by atoms with Gasteiger partial charge in [-0.1, -0.05) is 48.0 Å². The smallest absolute Gasteiger partial charge is 0.319 e. The van der Waals surface area contributed by atoms with E-state index in [1.165, 1.54) is 36.2 Å². The maximum atomic E-state index is 13.4. The molecule has 0 fully saturated rings. The van der Waals surface area contributed by atoms with E-state index in [0.29, 0.717) is 11.4 Å². The Kier molecular flexibility index (Phi) is 10.0. The van der Waals surface area contributed by atoms with Crippen molar-refractivity contribution in [3.8, 4) is 0 Å². The molecule has 0 heterocycles. The zero-order chi connectivity index (χ0) is 28.6. The van der Waals surface area contributed by atoms with Gasteiger partial charge < -0.3 is 15.5 Å². The third kappa shape index (κ3) is 7.79. The van der Waals surface area contributed by atoms with Crippen LogP contribution in [0.15, 0.2) is 83.8 Å². The van der Waals surface area contributed by atoms with E-state index in [0.717, 1.165) is 0 Å². The van der Waals surface area contributed by atoms with E-state index in [4.69, 9.17) is 11.6 Å². The highest BCUT2D eigenvalue weighted by atomic mass is 35.5. The number of amides is 4. The zero-order valence-corrected chi connectivity index (χ0v) is 23.3. The molecule has 0 atom stereocenters. The lowest BCUT2D eigenvalue weighted by Crippen LogP contribution is -2.48. The van der Waals surface area contributed by atoms with Crippen molar-refractivity contribution in [3.63, 3.8) is 0 Å². The van der Waals surface area contributed by atoms with Gasteiger partial charge in [-0.15, -0.1) is 0 Å². The Bertz CT molecular complexity index is 1430. The molecule has 3 N–H and O–H groups in total. The summed E-state index contributed by atoms with van der Waals surface area (Å²) in [6.45, 7) is 2.97. The Labute approximate surface area is 233 Å². The largest absolute Gasteiger partial charge is 0.329 e. The molecule has 39 heavy (non-hydrogen) atoms. The number of anilines is 3. The average molecular weight is 572 g/mol. The van der Waals surface area contributed by atoms with Crippen LogP contribution >= 0.6 is 11.6 Å². The molecule has 0 aliphatic carbocycles. The molecule has 0 bridgehead atoms. The van der Waals surface area contributed by atoms with Gasteiger partial charge in [-0.05, 0) is 63.4 Å². The van der Waals surface area contributed by atoms with Crippen LogP contribution in [0, 0.1) is 0 Å². The molecule has 0 saturated heterocycles. The number of para-hydroxylation sites is 2. The van der Waals surface area contributed by atoms with Crippen molar-refractivity contribution in [2.75, 3.05) is 35.3 Å². The van der Waals surface area contributed by atoms with Crippen molar-refractivity contribution in [2.24, 2.45) is 0 Å². The Hall–Kier alpha value is -3.93. The average Bonchev–Trinajstić information content (AvgIpc) is 2.91. The van der Waals surface area contributed by atoms with Crippen LogP contribution in [0.3, 0.4) is 0 Å². The van der Waals surface area contributed by atoms with Crippen molar-refractivity contribution < 1.29 is 22.8 Å². The lowest BCUT2D eigenvalue weighted by Gasteiger charge is -2.31. The molecule has 0 radical (unpaired) electrons. The quantitative estimate of drug-likeness (QED) is 0.341. The SMILES string of the molecule is CNS(=O)(=O)c1cccc(NC(=O)NCC(=O)N(CC(=O)N(c2ccccc2)C(C)C)c2ccccc2Cl)c1. The number of carbonyl (C=O) groups is 3. The number of carbonyl (C=O) groups excluding carboxylic acids is 3. The van der Waals surface area contributed by atoms with Crippen LogP contribution in [0.2, 0.25) is 5.02 Å². The van der Waals surface area contributed by atoms with Gasteiger partial charge in [0.1, 0.15) is 6.54 Å². The number of benzene rings is 3. The molecule has 206 valence electrons. The van der Waals surface area contributed by atoms with Gasteiger partial charge in [0.15, 0.2) is 0 Å². The van der Waals surface area contributed by atoms with Crippen molar-refractivity contribution in [1.29, 1.82) is 0 Å². The van der Waals surface area contributed by atoms with E-state index in [1.54, 1.807) is 29.2 Å². The fraction of sp³-hybridized carbons (Fsp3) is 0.222. The molecule has 0 saturated carbocycles. The second-order valence-corrected chi connectivity index (χ2v) is 11.0. The predicted molar refractivity (Wildman–Crippen MR) is 153 cm³/mol. The van der Waals surface area contributed by atoms with Crippen LogP contribution in [0.5, 0.6) is 0 Å². The van der Waals surface area contributed by atoms with Crippen molar-refractivity contribution in [2.45, 2.75) is 24.8 Å². The first kappa shape index (κ1) is 29.6. The first-order valence-corrected chi connectivity index (χ1v) is 13.9. The summed E-state index contributed by atoms with van der Waals surface area (Å²) < 4.78 is 26.3. The van der Waals surface area contributed by atoms with Gasteiger partial charge in [0.2, 0.25) is 21.8 Å². The molecule has 3 aromatic carbocycles. The maximum absolute atomic E-state index is 13.4. The number of rotatable bonds is 10. The minimum absolute atomic E-state index is 0.0320. The van der Waals surface area contributed by atoms with Gasteiger partial charge in [-0.3, -0.25) is 14.5 Å². The van der Waals surface area contributed by atoms with Crippen LogP contribution in [0.1, 0.15) is 13.8 Å². The Morgan fingerprint density at radius 3 is 2.21 bits per heavy atom. The van der Waals surface area contributed by atoms with E-state index in [1.807, 2.05) is 44.2 Å². The maximum Gasteiger partial charge on any atom is 0.319 e. The summed E-state index contributed by atoms with van der Waals surface area (Å²) in [5.74, 6) is -0.911. The molecular weight excluding hydrogens is 542 g/mol. The molecule has 0 unspecified atom stereocenters. The Morgan fingerprint density at radius 1 is 0.897 bits per heavy atom. The molecule has 12 heteroatoms. The Morgan fingerprint density at radius 2 is 1.56 bits per heavy atom. The van der Waals surface area contributed by atoms with Gasteiger partial charge in [-0.2, -0.15) is 0 Å². The number of hydrogen-bond donors (Lipinski definition) is 3. The monoisotopic (exact) mass is 571 g/mol. The van der Waals surface area contributed by atoms with Gasteiger partial charge in [0.05, 0.1) is 22.2 Å². The van der Waals surface area contributed by atoms with Gasteiger partial charge in [-0.25, -0.2) is 17.9 Å². The number of sulfonamides is 1. The highest BCUT2D eigenvalue weighted by Crippen LogP contribution is 2.26. The third-order valence-corrected chi connectivity index (χ3v) is 7.36. The minimum Gasteiger partial charge on any atom is -0.329 e. The highest BCUT2D eigenvalue weighted by molar-refractivity contribution is 7.89. The molecular formula is C27H30ClN5O5S. The highest BCUT2D eigenvalue weighted by Gasteiger charge is 2.26. The van der Waals surface area contributed by atoms with Crippen LogP contribution in [-0.2, 0) is 19.6 Å². The first-order valence-electron chi connectivity index (χ1n) is 12.0. The number of nitrogens with zero attached hydrogens (tertiary/aromatic N) is 2. The molecule has 3 rings (SSSR count). The summed E-state index contributed by atoms with van der Waals surface area (Å²) in [7, 11) is -2.42. The van der Waals surface area contributed by atoms with Crippen LogP contribution in [0.4, 0.5) is 21.9 Å². The number of nitrogens with one attached hydrogen (secondary N) is 3. The summed E-state index contributed by atoms with van der Waals surface area (Å²) in [4.78, 5) is 42.0. The summed E-state index contributed by atoms with van der Waals surface area (Å²) >= 11 is 6.37. The number of urea groups is 1. The van der Waals surface area contributed by atoms with Crippen molar-refractivity contribution in [3.05, 3.63) is 83.9 Å². The van der Waals surface area contributed by atoms with E-state index < -0.39 is 28.5 Å². The summed E-state index contributed by atoms with van der Waals surface area (Å²) in [6.07, 6.45) is 0. The summed E-state index contributed by atoms with van der Waals surface area (Å²) in [5.41, 5.74) is 1.22. The van der Waals surface area contributed by atoms with Crippen LogP contribution in [0.25, 0.3) is 0 Å². The molecule has 4 amide bonds. The minimum atomic E-state index is -3.70. The van der Waals surface area contributed by atoms with Gasteiger partial charge in [0, 0.05) is 17.4 Å². The molecule has 0 aliphatic rings. The van der Waals surface area contributed by atoms with Crippen LogP contribution < -0.4 is 25.2 Å². The van der Waals surface area contributed by atoms with Crippen molar-refractivity contribution in [1.82, 2.24) is 10.0 Å². The third-order valence-electron chi connectivity index (χ3n) is 5.63. The van der Waals surface area contributed by atoms with Gasteiger partial charge in [0.25, 0.3) is 0 Å². The summed E-state index contributed by atoms with van der Waals surface area (Å²) in [5, 5.41) is 5.23. The second-order valence-electron chi connectivity index (χ2n) is 8.67. The second kappa shape index (κ2) is 13.2. The molecule has 10 nitrogen and oxygen atoms in total. The summed E-state index contributed by atoms with van der Waals surface area (Å²) in [6, 6.07) is 20.4. The lowest BCUT2D eigenvalue weighted by atomic mass is 10.2. The van der Waals surface area contributed by atoms with E-state index in [9.17, 15) is 22.8 Å². The molecule has 0 aliphatic heterocycles. The number of halogens is 1. The topological polar surface area (TPSA) is 128 Å². The van der Waals surface area contributed by atoms with E-state index in [-0.39, 0.29) is 34.1 Å². The molecule has 3 aromatic rings. The number of hydrogen-bond acceptors (Lipinski definition) is 5. The van der Waals surface area contributed by atoms with E-state index in [2.05, 4.69) is 15.4 Å². The lowest BCUT2D eigenvalue weighted by molar-refractivity contribution is -0.122. The van der Waals surface area contributed by atoms with E-state index >= 15 is 0 Å². The van der Waals surface area contributed by atoms with Crippen LogP contribution in [-0.4, -0.2) is 52.4 Å². The molecule has 0 spiro atoms. The fourth-order valence-electron chi connectivity index (χ4n) is 3.79. The Balaban J connectivity index is 1.76. The van der Waals surface area contributed by atoms with Crippen molar-refractivity contribution >= 4 is 56.5 Å². The molecule has 0 aromatic heterocycles. The van der Waals surface area contributed by atoms with Gasteiger partial charge >= 0.3 is 6.03 Å². The normalized spacial score (nSPS) is 11.1.